The predicted octanol–water partition coefficient (Wildman–Crippen LogP) is 3.15. The molecule has 5 nitrogen and oxygen atoms in total. The number of hydrogen-bond donors (Lipinski definition) is 1. The molecule has 1 amide bonds. The van der Waals surface area contributed by atoms with Crippen molar-refractivity contribution in [3.63, 3.8) is 0 Å². The average Bonchev–Trinajstić information content (AvgIpc) is 2.88. The fraction of sp³-hybridized carbons (Fsp3) is 0.688. The van der Waals surface area contributed by atoms with Gasteiger partial charge in [-0.1, -0.05) is 6.42 Å². The Hall–Kier alpha value is -1.43. The summed E-state index contributed by atoms with van der Waals surface area (Å²) in [6, 6.07) is 0.0332. The minimum absolute atomic E-state index is 0.0142. The van der Waals surface area contributed by atoms with Gasteiger partial charge in [0.1, 0.15) is 5.01 Å². The van der Waals surface area contributed by atoms with Crippen LogP contribution in [0.15, 0.2) is 5.38 Å². The van der Waals surface area contributed by atoms with E-state index in [2.05, 4.69) is 4.98 Å². The van der Waals surface area contributed by atoms with Gasteiger partial charge < -0.3 is 10.0 Å². The number of aliphatic carboxylic acids is 1. The van der Waals surface area contributed by atoms with E-state index >= 15 is 0 Å². The minimum Gasteiger partial charge on any atom is -0.481 e. The largest absolute Gasteiger partial charge is 0.481 e. The highest BCUT2D eigenvalue weighted by molar-refractivity contribution is 7.09. The van der Waals surface area contributed by atoms with Gasteiger partial charge in [0.05, 0.1) is 11.5 Å². The lowest BCUT2D eigenvalue weighted by atomic mass is 9.66. The quantitative estimate of drug-likeness (QED) is 0.924. The van der Waals surface area contributed by atoms with Crippen molar-refractivity contribution in [3.8, 4) is 0 Å². The summed E-state index contributed by atoms with van der Waals surface area (Å²) < 4.78 is 0. The second kappa shape index (κ2) is 5.99. The van der Waals surface area contributed by atoms with Crippen LogP contribution in [-0.4, -0.2) is 33.4 Å². The number of rotatable bonds is 4. The molecule has 1 atom stereocenters. The number of carboxylic acid groups (broad SMARTS) is 1. The van der Waals surface area contributed by atoms with Crippen LogP contribution in [0.4, 0.5) is 0 Å². The number of aryl methyl sites for hydroxylation is 1. The molecule has 0 bridgehead atoms. The molecule has 1 saturated heterocycles. The second-order valence-electron chi connectivity index (χ2n) is 6.54. The van der Waals surface area contributed by atoms with Crippen molar-refractivity contribution in [2.24, 2.45) is 5.41 Å². The van der Waals surface area contributed by atoms with Crippen LogP contribution in [0.1, 0.15) is 61.7 Å². The fourth-order valence-corrected chi connectivity index (χ4v) is 4.42. The highest BCUT2D eigenvalue weighted by Gasteiger charge is 2.47. The van der Waals surface area contributed by atoms with Crippen LogP contribution in [0.25, 0.3) is 0 Å². The van der Waals surface area contributed by atoms with Gasteiger partial charge >= 0.3 is 5.97 Å². The van der Waals surface area contributed by atoms with Crippen LogP contribution >= 0.6 is 11.3 Å². The molecule has 0 radical (unpaired) electrons. The van der Waals surface area contributed by atoms with Crippen molar-refractivity contribution in [2.45, 2.75) is 57.9 Å². The molecular weight excluding hydrogens is 300 g/mol. The van der Waals surface area contributed by atoms with Crippen molar-refractivity contribution in [2.75, 3.05) is 6.54 Å². The van der Waals surface area contributed by atoms with Crippen LogP contribution < -0.4 is 0 Å². The molecule has 1 aliphatic carbocycles. The number of likely N-dealkylation sites (tertiary alicyclic amines) is 1. The van der Waals surface area contributed by atoms with Crippen molar-refractivity contribution >= 4 is 23.2 Å². The van der Waals surface area contributed by atoms with Gasteiger partial charge in [0.15, 0.2) is 0 Å². The molecule has 1 N–H and O–H groups in total. The van der Waals surface area contributed by atoms with Crippen LogP contribution in [0.2, 0.25) is 0 Å². The van der Waals surface area contributed by atoms with Gasteiger partial charge in [0.25, 0.3) is 0 Å². The van der Waals surface area contributed by atoms with Gasteiger partial charge in [0, 0.05) is 24.0 Å². The third kappa shape index (κ3) is 2.76. The first-order valence-corrected chi connectivity index (χ1v) is 8.85. The van der Waals surface area contributed by atoms with E-state index in [1.165, 1.54) is 0 Å². The Morgan fingerprint density at radius 2 is 2.18 bits per heavy atom. The van der Waals surface area contributed by atoms with Crippen LogP contribution in [0.3, 0.4) is 0 Å². The van der Waals surface area contributed by atoms with Crippen LogP contribution in [0, 0.1) is 12.3 Å². The van der Waals surface area contributed by atoms with Gasteiger partial charge in [-0.15, -0.1) is 11.3 Å². The van der Waals surface area contributed by atoms with Crippen LogP contribution in [-0.2, 0) is 9.59 Å². The summed E-state index contributed by atoms with van der Waals surface area (Å²) in [4.78, 5) is 30.7. The Labute approximate surface area is 134 Å². The van der Waals surface area contributed by atoms with Gasteiger partial charge in [-0.3, -0.25) is 9.59 Å². The van der Waals surface area contributed by atoms with Crippen molar-refractivity contribution in [1.29, 1.82) is 0 Å². The van der Waals surface area contributed by atoms with E-state index in [1.54, 1.807) is 11.3 Å². The first kappa shape index (κ1) is 15.5. The number of nitrogens with zero attached hydrogens (tertiary/aromatic N) is 2. The monoisotopic (exact) mass is 322 g/mol. The Morgan fingerprint density at radius 1 is 1.41 bits per heavy atom. The van der Waals surface area contributed by atoms with Gasteiger partial charge in [0.2, 0.25) is 5.91 Å². The molecule has 0 aromatic carbocycles. The molecule has 120 valence electrons. The SMILES string of the molecule is Cc1csc(C2CCCCN2C(=O)CC2(C(=O)O)CCC2)n1. The number of thiazole rings is 1. The molecule has 1 saturated carbocycles. The molecular formula is C16H22N2O3S. The smallest absolute Gasteiger partial charge is 0.310 e. The summed E-state index contributed by atoms with van der Waals surface area (Å²) in [5.74, 6) is -0.828. The molecule has 1 unspecified atom stereocenters. The van der Waals surface area contributed by atoms with Crippen LogP contribution in [0.5, 0.6) is 0 Å². The summed E-state index contributed by atoms with van der Waals surface area (Å²) in [6.07, 6.45) is 5.33. The van der Waals surface area contributed by atoms with E-state index in [0.29, 0.717) is 12.8 Å². The highest BCUT2D eigenvalue weighted by atomic mass is 32.1. The summed E-state index contributed by atoms with van der Waals surface area (Å²) in [5.41, 5.74) is 0.177. The number of carboxylic acids is 1. The lowest BCUT2D eigenvalue weighted by Crippen LogP contribution is -2.46. The van der Waals surface area contributed by atoms with Gasteiger partial charge in [-0.05, 0) is 39.0 Å². The predicted molar refractivity (Wildman–Crippen MR) is 83.7 cm³/mol. The van der Waals surface area contributed by atoms with Crippen molar-refractivity contribution < 1.29 is 14.7 Å². The molecule has 1 aromatic rings. The Morgan fingerprint density at radius 3 is 2.73 bits per heavy atom. The van der Waals surface area contributed by atoms with E-state index in [4.69, 9.17) is 0 Å². The average molecular weight is 322 g/mol. The number of aromatic nitrogens is 1. The zero-order valence-electron chi connectivity index (χ0n) is 12.9. The van der Waals surface area contributed by atoms with Gasteiger partial charge in [-0.2, -0.15) is 0 Å². The molecule has 2 fully saturated rings. The molecule has 6 heteroatoms. The fourth-order valence-electron chi connectivity index (χ4n) is 3.47. The standard InChI is InChI=1S/C16H22N2O3S/c1-11-10-22-14(17-11)12-5-2-3-8-18(12)13(19)9-16(15(20)21)6-4-7-16/h10,12H,2-9H2,1H3,(H,20,21). The van der Waals surface area contributed by atoms with E-state index < -0.39 is 11.4 Å². The molecule has 2 aliphatic rings. The first-order chi connectivity index (χ1) is 10.5. The number of carbonyl (C=O) groups excluding carboxylic acids is 1. The maximum absolute atomic E-state index is 12.7. The number of hydrogen-bond acceptors (Lipinski definition) is 4. The minimum atomic E-state index is -0.814. The van der Waals surface area contributed by atoms with E-state index in [1.807, 2.05) is 17.2 Å². The summed E-state index contributed by atoms with van der Waals surface area (Å²) in [7, 11) is 0. The first-order valence-electron chi connectivity index (χ1n) is 7.97. The van der Waals surface area contributed by atoms with Crippen molar-refractivity contribution in [1.82, 2.24) is 9.88 Å². The summed E-state index contributed by atoms with van der Waals surface area (Å²) in [6.45, 7) is 2.68. The Balaban J connectivity index is 1.75. The maximum atomic E-state index is 12.7. The highest BCUT2D eigenvalue weighted by Crippen LogP contribution is 2.45. The van der Waals surface area contributed by atoms with E-state index in [0.717, 1.165) is 42.9 Å². The number of piperidine rings is 1. The lowest BCUT2D eigenvalue weighted by molar-refractivity contribution is -0.160. The topological polar surface area (TPSA) is 70.5 Å². The Bertz CT molecular complexity index is 580. The number of amides is 1. The normalized spacial score (nSPS) is 23.9. The molecule has 1 aliphatic heterocycles. The zero-order valence-corrected chi connectivity index (χ0v) is 13.7. The van der Waals surface area contributed by atoms with Gasteiger partial charge in [-0.25, -0.2) is 4.98 Å². The third-order valence-corrected chi connectivity index (χ3v) is 6.06. The molecule has 1 aromatic heterocycles. The molecule has 22 heavy (non-hydrogen) atoms. The van der Waals surface area contributed by atoms with E-state index in [9.17, 15) is 14.7 Å². The molecule has 2 heterocycles. The summed E-state index contributed by atoms with van der Waals surface area (Å²) >= 11 is 1.60. The Kier molecular flexibility index (Phi) is 4.21. The molecule has 0 spiro atoms. The third-order valence-electron chi connectivity index (χ3n) is 5.00. The summed E-state index contributed by atoms with van der Waals surface area (Å²) in [5, 5.41) is 12.4. The lowest BCUT2D eigenvalue weighted by Gasteiger charge is -2.41. The molecule has 3 rings (SSSR count). The van der Waals surface area contributed by atoms with Crippen molar-refractivity contribution in [3.05, 3.63) is 16.1 Å². The number of carbonyl (C=O) groups is 2. The second-order valence-corrected chi connectivity index (χ2v) is 7.43. The zero-order chi connectivity index (χ0) is 15.7. The van der Waals surface area contributed by atoms with E-state index in [-0.39, 0.29) is 18.4 Å². The maximum Gasteiger partial charge on any atom is 0.310 e.